The van der Waals surface area contributed by atoms with Crippen LogP contribution in [0.25, 0.3) is 0 Å². The zero-order chi connectivity index (χ0) is 22.9. The van der Waals surface area contributed by atoms with Gasteiger partial charge in [0.1, 0.15) is 11.4 Å². The third-order valence-electron chi connectivity index (χ3n) is 4.61. The smallest absolute Gasteiger partial charge is 0.419 e. The number of alkyl carbamates (subject to hydrolysis) is 1. The third-order valence-corrected chi connectivity index (χ3v) is 4.61. The largest absolute Gasteiger partial charge is 0.467 e. The summed E-state index contributed by atoms with van der Waals surface area (Å²) >= 11 is 0. The number of methoxy groups -OCH3 is 1. The zero-order valence-corrected chi connectivity index (χ0v) is 17.0. The minimum Gasteiger partial charge on any atom is -0.467 e. The molecule has 2 N–H and O–H groups in total. The van der Waals surface area contributed by atoms with Crippen LogP contribution in [0.2, 0.25) is 0 Å². The molecule has 0 unspecified atom stereocenters. The van der Waals surface area contributed by atoms with Crippen molar-refractivity contribution in [3.8, 4) is 0 Å². The summed E-state index contributed by atoms with van der Waals surface area (Å²) in [5.41, 5.74) is -4.75. The summed E-state index contributed by atoms with van der Waals surface area (Å²) in [5.74, 6) is -2.32. The van der Waals surface area contributed by atoms with Crippen LogP contribution >= 0.6 is 0 Å². The van der Waals surface area contributed by atoms with Crippen LogP contribution in [-0.4, -0.2) is 48.5 Å². The molecule has 1 saturated heterocycles. The number of aliphatic hydroxyl groups excluding tert-OH is 1. The molecule has 1 aromatic carbocycles. The van der Waals surface area contributed by atoms with E-state index in [1.807, 2.05) is 0 Å². The Morgan fingerprint density at radius 3 is 2.40 bits per heavy atom. The molecule has 1 heterocycles. The highest BCUT2D eigenvalue weighted by molar-refractivity contribution is 5.87. The van der Waals surface area contributed by atoms with Crippen LogP contribution in [0.4, 0.5) is 28.0 Å². The average molecular weight is 436 g/mol. The van der Waals surface area contributed by atoms with Crippen molar-refractivity contribution in [2.45, 2.75) is 51.1 Å². The van der Waals surface area contributed by atoms with Gasteiger partial charge in [-0.25, -0.2) is 14.0 Å². The van der Waals surface area contributed by atoms with Crippen molar-refractivity contribution in [3.63, 3.8) is 0 Å². The van der Waals surface area contributed by atoms with Crippen molar-refractivity contribution < 1.29 is 41.7 Å². The number of nitrogens with one attached hydrogen (secondary N) is 1. The number of hydrogen-bond donors (Lipinski definition) is 2. The predicted octanol–water partition coefficient (Wildman–Crippen LogP) is 2.98. The van der Waals surface area contributed by atoms with E-state index < -0.39 is 52.9 Å². The summed E-state index contributed by atoms with van der Waals surface area (Å²) in [6, 6.07) is 1.74. The highest BCUT2D eigenvalue weighted by Gasteiger charge is 2.49. The van der Waals surface area contributed by atoms with Crippen molar-refractivity contribution >= 4 is 17.7 Å². The highest BCUT2D eigenvalue weighted by atomic mass is 19.4. The molecule has 1 amide bonds. The molecule has 0 aromatic heterocycles. The van der Waals surface area contributed by atoms with E-state index in [9.17, 15) is 32.3 Å². The van der Waals surface area contributed by atoms with E-state index in [0.717, 1.165) is 13.2 Å². The number of ether oxygens (including phenoxy) is 2. The molecule has 30 heavy (non-hydrogen) atoms. The second kappa shape index (κ2) is 8.29. The minimum absolute atomic E-state index is 0.00249. The van der Waals surface area contributed by atoms with Gasteiger partial charge in [0.2, 0.25) is 0 Å². The summed E-state index contributed by atoms with van der Waals surface area (Å²) in [6.45, 7) is 3.61. The number of esters is 1. The first-order chi connectivity index (χ1) is 13.7. The fourth-order valence-corrected chi connectivity index (χ4v) is 3.40. The van der Waals surface area contributed by atoms with Crippen LogP contribution in [0.3, 0.4) is 0 Å². The van der Waals surface area contributed by atoms with Gasteiger partial charge in [-0.3, -0.25) is 0 Å². The standard InChI is InChI=1S/C19H24F4N2O5/c1-17(2,3)30-16(28)24-18(15(27)29-4)7-8-25(10-18)13-6-5-12(20)14(11(13)9-26)19(21,22)23/h5-6,26H,7-10H2,1-4H3,(H,24,28)/t18-/m1/s1. The van der Waals surface area contributed by atoms with Gasteiger partial charge in [0, 0.05) is 24.2 Å². The van der Waals surface area contributed by atoms with E-state index in [1.165, 1.54) is 4.90 Å². The number of aliphatic hydroxyl groups is 1. The molecule has 7 nitrogen and oxygen atoms in total. The number of anilines is 1. The molecule has 0 bridgehead atoms. The fourth-order valence-electron chi connectivity index (χ4n) is 3.40. The quantitative estimate of drug-likeness (QED) is 0.558. The SMILES string of the molecule is COC(=O)[C@@]1(NC(=O)OC(C)(C)C)CCN(c2ccc(F)c(C(F)(F)F)c2CO)C1. The van der Waals surface area contributed by atoms with Crippen LogP contribution in [0.15, 0.2) is 12.1 Å². The van der Waals surface area contributed by atoms with Crippen LogP contribution < -0.4 is 10.2 Å². The topological polar surface area (TPSA) is 88.1 Å². The number of carbonyl (C=O) groups is 2. The maximum atomic E-state index is 13.9. The maximum Gasteiger partial charge on any atom is 0.419 e. The molecule has 11 heteroatoms. The number of carbonyl (C=O) groups excluding carboxylic acids is 2. The lowest BCUT2D eigenvalue weighted by atomic mass is 9.99. The molecule has 168 valence electrons. The first-order valence-corrected chi connectivity index (χ1v) is 9.08. The molecule has 0 radical (unpaired) electrons. The molecular formula is C19H24F4N2O5. The van der Waals surface area contributed by atoms with Gasteiger partial charge < -0.3 is 24.8 Å². The molecule has 2 rings (SSSR count). The number of hydrogen-bond acceptors (Lipinski definition) is 6. The molecule has 1 aliphatic heterocycles. The number of rotatable bonds is 4. The summed E-state index contributed by atoms with van der Waals surface area (Å²) in [5, 5.41) is 12.0. The Morgan fingerprint density at radius 1 is 1.27 bits per heavy atom. The third kappa shape index (κ3) is 4.94. The Hall–Kier alpha value is -2.56. The van der Waals surface area contributed by atoms with E-state index in [0.29, 0.717) is 6.07 Å². The van der Waals surface area contributed by atoms with E-state index in [4.69, 9.17) is 9.47 Å². The van der Waals surface area contributed by atoms with Gasteiger partial charge >= 0.3 is 18.2 Å². The van der Waals surface area contributed by atoms with Crippen molar-refractivity contribution in [1.29, 1.82) is 0 Å². The maximum absolute atomic E-state index is 13.9. The number of halogens is 4. The Balaban J connectivity index is 2.41. The average Bonchev–Trinajstić information content (AvgIpc) is 3.02. The summed E-state index contributed by atoms with van der Waals surface area (Å²) in [4.78, 5) is 26.0. The Kier molecular flexibility index (Phi) is 6.55. The van der Waals surface area contributed by atoms with Gasteiger partial charge in [-0.2, -0.15) is 13.2 Å². The number of nitrogens with zero attached hydrogens (tertiary/aromatic N) is 1. The van der Waals surface area contributed by atoms with Crippen LogP contribution in [-0.2, 0) is 27.1 Å². The fraction of sp³-hybridized carbons (Fsp3) is 0.579. The lowest BCUT2D eigenvalue weighted by Crippen LogP contribution is -2.57. The Morgan fingerprint density at radius 2 is 1.90 bits per heavy atom. The van der Waals surface area contributed by atoms with Crippen LogP contribution in [0.1, 0.15) is 38.3 Å². The van der Waals surface area contributed by atoms with Gasteiger partial charge in [0.05, 0.1) is 25.8 Å². The first-order valence-electron chi connectivity index (χ1n) is 9.08. The number of benzene rings is 1. The predicted molar refractivity (Wildman–Crippen MR) is 98.3 cm³/mol. The Bertz CT molecular complexity index is 822. The zero-order valence-electron chi connectivity index (χ0n) is 17.0. The molecule has 1 fully saturated rings. The van der Waals surface area contributed by atoms with Gasteiger partial charge in [-0.05, 0) is 32.9 Å². The lowest BCUT2D eigenvalue weighted by molar-refractivity contribution is -0.147. The molecule has 0 aliphatic carbocycles. The van der Waals surface area contributed by atoms with Gasteiger partial charge in [-0.1, -0.05) is 0 Å². The van der Waals surface area contributed by atoms with Crippen LogP contribution in [0, 0.1) is 5.82 Å². The minimum atomic E-state index is -5.02. The molecule has 1 atom stereocenters. The van der Waals surface area contributed by atoms with Gasteiger partial charge in [0.25, 0.3) is 0 Å². The number of alkyl halides is 3. The first kappa shape index (κ1) is 23.7. The summed E-state index contributed by atoms with van der Waals surface area (Å²) in [7, 11) is 1.11. The molecule has 1 aromatic rings. The molecule has 0 saturated carbocycles. The normalized spacial score (nSPS) is 19.6. The van der Waals surface area contributed by atoms with Crippen molar-refractivity contribution in [3.05, 3.63) is 29.1 Å². The molecular weight excluding hydrogens is 412 g/mol. The lowest BCUT2D eigenvalue weighted by Gasteiger charge is -2.30. The monoisotopic (exact) mass is 436 g/mol. The van der Waals surface area contributed by atoms with Crippen molar-refractivity contribution in [2.24, 2.45) is 0 Å². The second-order valence-corrected chi connectivity index (χ2v) is 7.95. The summed E-state index contributed by atoms with van der Waals surface area (Å²) in [6.07, 6.45) is -5.92. The van der Waals surface area contributed by atoms with Crippen molar-refractivity contribution in [1.82, 2.24) is 5.32 Å². The van der Waals surface area contributed by atoms with E-state index in [1.54, 1.807) is 20.8 Å². The highest BCUT2D eigenvalue weighted by Crippen LogP contribution is 2.40. The molecule has 1 aliphatic rings. The van der Waals surface area contributed by atoms with Crippen molar-refractivity contribution in [2.75, 3.05) is 25.1 Å². The van der Waals surface area contributed by atoms with Gasteiger partial charge in [0.15, 0.2) is 5.54 Å². The number of amides is 1. The van der Waals surface area contributed by atoms with E-state index in [2.05, 4.69) is 5.32 Å². The van der Waals surface area contributed by atoms with E-state index >= 15 is 0 Å². The Labute approximate surface area is 170 Å². The summed E-state index contributed by atoms with van der Waals surface area (Å²) < 4.78 is 63.7. The van der Waals surface area contributed by atoms with Gasteiger partial charge in [-0.15, -0.1) is 0 Å². The van der Waals surface area contributed by atoms with Crippen LogP contribution in [0.5, 0.6) is 0 Å². The van der Waals surface area contributed by atoms with E-state index in [-0.39, 0.29) is 25.2 Å². The molecule has 0 spiro atoms. The second-order valence-electron chi connectivity index (χ2n) is 7.95.